The molecule has 2 aromatic heterocycles. The minimum Gasteiger partial charge on any atom is -0.444 e. The molecule has 0 aliphatic rings. The van der Waals surface area contributed by atoms with Crippen LogP contribution in [0.25, 0.3) is 5.82 Å². The van der Waals surface area contributed by atoms with Crippen molar-refractivity contribution < 1.29 is 14.6 Å². The molecule has 130 valence electrons. The summed E-state index contributed by atoms with van der Waals surface area (Å²) in [7, 11) is 0. The van der Waals surface area contributed by atoms with Gasteiger partial charge in [0.05, 0.1) is 18.3 Å². The molecule has 1 atom stereocenters. The zero-order valence-electron chi connectivity index (χ0n) is 14.7. The molecule has 0 aliphatic heterocycles. The van der Waals surface area contributed by atoms with Gasteiger partial charge in [0.25, 0.3) is 0 Å². The molecular formula is C17H24N4O3. The van der Waals surface area contributed by atoms with Crippen molar-refractivity contribution in [2.75, 3.05) is 6.61 Å². The van der Waals surface area contributed by atoms with Gasteiger partial charge in [-0.1, -0.05) is 0 Å². The minimum absolute atomic E-state index is 0.292. The van der Waals surface area contributed by atoms with E-state index in [1.165, 1.54) is 6.33 Å². The van der Waals surface area contributed by atoms with Gasteiger partial charge in [0.1, 0.15) is 17.7 Å². The summed E-state index contributed by atoms with van der Waals surface area (Å²) in [6, 6.07) is 5.08. The predicted octanol–water partition coefficient (Wildman–Crippen LogP) is 2.44. The number of aliphatic hydroxyl groups is 1. The van der Waals surface area contributed by atoms with Crippen LogP contribution in [0.2, 0.25) is 0 Å². The molecule has 24 heavy (non-hydrogen) atoms. The zero-order valence-corrected chi connectivity index (χ0v) is 14.7. The number of hydrogen-bond acceptors (Lipinski definition) is 5. The van der Waals surface area contributed by atoms with Crippen molar-refractivity contribution >= 4 is 6.09 Å². The summed E-state index contributed by atoms with van der Waals surface area (Å²) in [5.41, 5.74) is 1.98. The molecule has 1 amide bonds. The van der Waals surface area contributed by atoms with E-state index >= 15 is 0 Å². The summed E-state index contributed by atoms with van der Waals surface area (Å²) < 4.78 is 7.20. The van der Waals surface area contributed by atoms with E-state index in [0.29, 0.717) is 11.5 Å². The van der Waals surface area contributed by atoms with Gasteiger partial charge >= 0.3 is 6.09 Å². The van der Waals surface area contributed by atoms with Crippen LogP contribution >= 0.6 is 0 Å². The largest absolute Gasteiger partial charge is 0.444 e. The summed E-state index contributed by atoms with van der Waals surface area (Å²) in [6.45, 7) is 9.01. The summed E-state index contributed by atoms with van der Waals surface area (Å²) in [5.74, 6) is 0.685. The van der Waals surface area contributed by atoms with E-state index < -0.39 is 17.7 Å². The smallest absolute Gasteiger partial charge is 0.408 e. The fraction of sp³-hybridized carbons (Fsp3) is 0.471. The van der Waals surface area contributed by atoms with E-state index in [-0.39, 0.29) is 6.61 Å². The number of ether oxygens (including phenoxy) is 1. The summed E-state index contributed by atoms with van der Waals surface area (Å²) >= 11 is 0. The molecule has 0 radical (unpaired) electrons. The van der Waals surface area contributed by atoms with Crippen molar-refractivity contribution in [1.29, 1.82) is 0 Å². The number of nitrogens with zero attached hydrogens (tertiary/aromatic N) is 3. The maximum atomic E-state index is 11.9. The van der Waals surface area contributed by atoms with Crippen molar-refractivity contribution in [3.63, 3.8) is 0 Å². The molecule has 0 spiro atoms. The Labute approximate surface area is 141 Å². The first-order valence-electron chi connectivity index (χ1n) is 7.79. The van der Waals surface area contributed by atoms with E-state index in [2.05, 4.69) is 15.3 Å². The highest BCUT2D eigenvalue weighted by Gasteiger charge is 2.21. The molecule has 2 aromatic rings. The van der Waals surface area contributed by atoms with Gasteiger partial charge in [-0.05, 0) is 46.8 Å². The van der Waals surface area contributed by atoms with Crippen LogP contribution in [0.4, 0.5) is 4.79 Å². The van der Waals surface area contributed by atoms with Crippen LogP contribution in [0, 0.1) is 13.8 Å². The van der Waals surface area contributed by atoms with Crippen LogP contribution in [-0.4, -0.2) is 37.9 Å². The van der Waals surface area contributed by atoms with Crippen molar-refractivity contribution in [1.82, 2.24) is 19.9 Å². The van der Waals surface area contributed by atoms with Gasteiger partial charge in [0, 0.05) is 17.5 Å². The number of carbonyl (C=O) groups excluding carboxylic acids is 1. The van der Waals surface area contributed by atoms with Gasteiger partial charge in [0.2, 0.25) is 0 Å². The van der Waals surface area contributed by atoms with Gasteiger partial charge in [-0.15, -0.1) is 0 Å². The number of aromatic nitrogens is 3. The maximum absolute atomic E-state index is 11.9. The Bertz CT molecular complexity index is 699. The highest BCUT2D eigenvalue weighted by molar-refractivity contribution is 5.68. The van der Waals surface area contributed by atoms with Crippen LogP contribution < -0.4 is 5.32 Å². The van der Waals surface area contributed by atoms with Gasteiger partial charge in [-0.3, -0.25) is 0 Å². The van der Waals surface area contributed by atoms with Crippen LogP contribution in [0.1, 0.15) is 43.9 Å². The average Bonchev–Trinajstić information content (AvgIpc) is 2.82. The van der Waals surface area contributed by atoms with Crippen LogP contribution in [0.15, 0.2) is 24.5 Å². The number of rotatable bonds is 4. The SMILES string of the molecule is Cc1ccc(C)n1-c1cc(C(CO)NC(=O)OC(C)(C)C)ncn1. The summed E-state index contributed by atoms with van der Waals surface area (Å²) in [5, 5.41) is 12.3. The van der Waals surface area contributed by atoms with Crippen LogP contribution in [0.5, 0.6) is 0 Å². The number of amides is 1. The van der Waals surface area contributed by atoms with E-state index in [1.807, 2.05) is 30.5 Å². The highest BCUT2D eigenvalue weighted by Crippen LogP contribution is 2.18. The van der Waals surface area contributed by atoms with E-state index in [0.717, 1.165) is 11.4 Å². The molecule has 0 fully saturated rings. The lowest BCUT2D eigenvalue weighted by Gasteiger charge is -2.22. The van der Waals surface area contributed by atoms with Gasteiger partial charge in [-0.2, -0.15) is 0 Å². The second kappa shape index (κ2) is 7.00. The molecule has 0 saturated carbocycles. The monoisotopic (exact) mass is 332 g/mol. The van der Waals surface area contributed by atoms with E-state index in [4.69, 9.17) is 4.74 Å². The van der Waals surface area contributed by atoms with Gasteiger partial charge in [0.15, 0.2) is 0 Å². The Morgan fingerprint density at radius 1 is 1.29 bits per heavy atom. The first kappa shape index (κ1) is 17.9. The van der Waals surface area contributed by atoms with Crippen molar-refractivity contribution in [3.05, 3.63) is 41.6 Å². The number of aliphatic hydroxyl groups excluding tert-OH is 1. The third-order valence-electron chi connectivity index (χ3n) is 3.40. The Kier molecular flexibility index (Phi) is 5.23. The molecule has 0 bridgehead atoms. The molecule has 2 rings (SSSR count). The maximum Gasteiger partial charge on any atom is 0.408 e. The second-order valence-electron chi connectivity index (χ2n) is 6.63. The second-order valence-corrected chi connectivity index (χ2v) is 6.63. The van der Waals surface area contributed by atoms with Crippen molar-refractivity contribution in [2.45, 2.75) is 46.3 Å². The first-order valence-corrected chi connectivity index (χ1v) is 7.79. The normalized spacial score (nSPS) is 12.8. The fourth-order valence-corrected chi connectivity index (χ4v) is 2.37. The molecular weight excluding hydrogens is 308 g/mol. The van der Waals surface area contributed by atoms with Crippen molar-refractivity contribution in [2.24, 2.45) is 0 Å². The van der Waals surface area contributed by atoms with E-state index in [9.17, 15) is 9.90 Å². The molecule has 2 N–H and O–H groups in total. The Balaban J connectivity index is 2.24. The Hall–Kier alpha value is -2.41. The first-order chi connectivity index (χ1) is 11.2. The van der Waals surface area contributed by atoms with Crippen LogP contribution in [-0.2, 0) is 4.74 Å². The Morgan fingerprint density at radius 2 is 1.92 bits per heavy atom. The number of nitrogens with one attached hydrogen (secondary N) is 1. The molecule has 2 heterocycles. The van der Waals surface area contributed by atoms with Gasteiger partial charge < -0.3 is 19.7 Å². The number of alkyl carbamates (subject to hydrolysis) is 1. The molecule has 0 aliphatic carbocycles. The van der Waals surface area contributed by atoms with Crippen molar-refractivity contribution in [3.8, 4) is 5.82 Å². The quantitative estimate of drug-likeness (QED) is 0.897. The number of aryl methyl sites for hydroxylation is 2. The predicted molar refractivity (Wildman–Crippen MR) is 90.0 cm³/mol. The fourth-order valence-electron chi connectivity index (χ4n) is 2.37. The topological polar surface area (TPSA) is 89.3 Å². The number of hydrogen-bond donors (Lipinski definition) is 2. The standard InChI is InChI=1S/C17H24N4O3/c1-11-6-7-12(2)21(11)15-8-13(18-10-19-15)14(9-22)20-16(23)24-17(3,4)5/h6-8,10,14,22H,9H2,1-5H3,(H,20,23). The summed E-state index contributed by atoms with van der Waals surface area (Å²) in [6.07, 6.45) is 0.818. The molecule has 0 aromatic carbocycles. The lowest BCUT2D eigenvalue weighted by atomic mass is 10.2. The average molecular weight is 332 g/mol. The minimum atomic E-state index is -0.669. The Morgan fingerprint density at radius 3 is 2.46 bits per heavy atom. The zero-order chi connectivity index (χ0) is 17.9. The molecule has 1 unspecified atom stereocenters. The lowest BCUT2D eigenvalue weighted by molar-refractivity contribution is 0.0480. The lowest BCUT2D eigenvalue weighted by Crippen LogP contribution is -2.36. The third-order valence-corrected chi connectivity index (χ3v) is 3.40. The van der Waals surface area contributed by atoms with Crippen LogP contribution in [0.3, 0.4) is 0 Å². The molecule has 7 heteroatoms. The summed E-state index contributed by atoms with van der Waals surface area (Å²) in [4.78, 5) is 20.4. The highest BCUT2D eigenvalue weighted by atomic mass is 16.6. The van der Waals surface area contributed by atoms with E-state index in [1.54, 1.807) is 26.8 Å². The third kappa shape index (κ3) is 4.32. The molecule has 7 nitrogen and oxygen atoms in total. The molecule has 0 saturated heterocycles. The van der Waals surface area contributed by atoms with Gasteiger partial charge in [-0.25, -0.2) is 14.8 Å². The number of carbonyl (C=O) groups is 1.